The van der Waals surface area contributed by atoms with Crippen LogP contribution in [0.25, 0.3) is 0 Å². The molecule has 0 heterocycles. The van der Waals surface area contributed by atoms with Gasteiger partial charge in [0.2, 0.25) is 0 Å². The van der Waals surface area contributed by atoms with Gasteiger partial charge in [-0.15, -0.1) is 0 Å². The SMILES string of the molecule is O=C(NNc1ccccc1)NC(=O)c1ccccc1. The van der Waals surface area contributed by atoms with Crippen molar-refractivity contribution < 1.29 is 9.59 Å². The maximum atomic E-state index is 11.7. The van der Waals surface area contributed by atoms with Crippen molar-refractivity contribution in [3.8, 4) is 0 Å². The van der Waals surface area contributed by atoms with E-state index in [-0.39, 0.29) is 0 Å². The Morgan fingerprint density at radius 2 is 1.37 bits per heavy atom. The predicted molar refractivity (Wildman–Crippen MR) is 72.5 cm³/mol. The molecule has 2 rings (SSSR count). The van der Waals surface area contributed by atoms with Crippen molar-refractivity contribution >= 4 is 17.6 Å². The molecule has 0 fully saturated rings. The zero-order valence-corrected chi connectivity index (χ0v) is 10.1. The monoisotopic (exact) mass is 255 g/mol. The summed E-state index contributed by atoms with van der Waals surface area (Å²) in [6.45, 7) is 0. The van der Waals surface area contributed by atoms with E-state index in [4.69, 9.17) is 0 Å². The van der Waals surface area contributed by atoms with Crippen LogP contribution in [0.1, 0.15) is 10.4 Å². The molecule has 5 nitrogen and oxygen atoms in total. The van der Waals surface area contributed by atoms with Gasteiger partial charge in [-0.05, 0) is 24.3 Å². The summed E-state index contributed by atoms with van der Waals surface area (Å²) in [5.41, 5.74) is 6.22. The average molecular weight is 255 g/mol. The zero-order chi connectivity index (χ0) is 13.5. The fraction of sp³-hybridized carbons (Fsp3) is 0. The van der Waals surface area contributed by atoms with Crippen LogP contribution < -0.4 is 16.2 Å². The number of hydrogen-bond donors (Lipinski definition) is 3. The Hall–Kier alpha value is -2.82. The molecule has 0 saturated carbocycles. The van der Waals surface area contributed by atoms with Gasteiger partial charge in [0.25, 0.3) is 5.91 Å². The van der Waals surface area contributed by atoms with E-state index in [1.54, 1.807) is 42.5 Å². The van der Waals surface area contributed by atoms with Crippen molar-refractivity contribution in [2.24, 2.45) is 0 Å². The van der Waals surface area contributed by atoms with Crippen LogP contribution in [0.5, 0.6) is 0 Å². The molecule has 0 atom stereocenters. The molecule has 0 aromatic heterocycles. The molecule has 2 aromatic rings. The minimum absolute atomic E-state index is 0.428. The summed E-state index contributed by atoms with van der Waals surface area (Å²) >= 11 is 0. The molecule has 0 aliphatic heterocycles. The fourth-order valence-corrected chi connectivity index (χ4v) is 1.45. The number of carbonyl (C=O) groups excluding carboxylic acids is 2. The molecule has 96 valence electrons. The highest BCUT2D eigenvalue weighted by atomic mass is 16.2. The quantitative estimate of drug-likeness (QED) is 0.736. The van der Waals surface area contributed by atoms with Gasteiger partial charge in [-0.2, -0.15) is 0 Å². The first-order chi connectivity index (χ1) is 9.25. The lowest BCUT2D eigenvalue weighted by Crippen LogP contribution is -2.42. The van der Waals surface area contributed by atoms with Crippen LogP contribution in [0.2, 0.25) is 0 Å². The third-order valence-electron chi connectivity index (χ3n) is 2.36. The highest BCUT2D eigenvalue weighted by molar-refractivity contribution is 6.04. The van der Waals surface area contributed by atoms with E-state index >= 15 is 0 Å². The van der Waals surface area contributed by atoms with Gasteiger partial charge in [0, 0.05) is 5.56 Å². The Morgan fingerprint density at radius 3 is 2.00 bits per heavy atom. The third-order valence-corrected chi connectivity index (χ3v) is 2.36. The lowest BCUT2D eigenvalue weighted by molar-refractivity contribution is 0.0964. The van der Waals surface area contributed by atoms with Crippen molar-refractivity contribution in [2.45, 2.75) is 0 Å². The highest BCUT2D eigenvalue weighted by Gasteiger charge is 2.08. The Bertz CT molecular complexity index is 555. The standard InChI is InChI=1S/C14H13N3O2/c18-13(11-7-3-1-4-8-11)15-14(19)17-16-12-9-5-2-6-10-12/h1-10,16H,(H2,15,17,18,19). The molecule has 5 heteroatoms. The molecule has 0 unspecified atom stereocenters. The van der Waals surface area contributed by atoms with E-state index in [1.807, 2.05) is 18.2 Å². The summed E-state index contributed by atoms with van der Waals surface area (Å²) in [7, 11) is 0. The summed E-state index contributed by atoms with van der Waals surface area (Å²) in [5, 5.41) is 2.21. The van der Waals surface area contributed by atoms with Gasteiger partial charge in [-0.1, -0.05) is 36.4 Å². The van der Waals surface area contributed by atoms with E-state index in [0.717, 1.165) is 5.69 Å². The van der Waals surface area contributed by atoms with Crippen molar-refractivity contribution in [1.82, 2.24) is 10.7 Å². The lowest BCUT2D eigenvalue weighted by atomic mass is 10.2. The number of rotatable bonds is 3. The molecule has 0 aliphatic rings. The fourth-order valence-electron chi connectivity index (χ4n) is 1.45. The second kappa shape index (κ2) is 6.20. The molecule has 3 amide bonds. The molecule has 0 aliphatic carbocycles. The number of benzene rings is 2. The number of carbonyl (C=O) groups is 2. The zero-order valence-electron chi connectivity index (χ0n) is 10.1. The van der Waals surface area contributed by atoms with Crippen molar-refractivity contribution in [3.63, 3.8) is 0 Å². The molecule has 3 N–H and O–H groups in total. The number of imide groups is 1. The second-order valence-corrected chi connectivity index (χ2v) is 3.77. The average Bonchev–Trinajstić information content (AvgIpc) is 2.47. The smallest absolute Gasteiger partial charge is 0.297 e. The Morgan fingerprint density at radius 1 is 0.789 bits per heavy atom. The van der Waals surface area contributed by atoms with Crippen LogP contribution in [0.3, 0.4) is 0 Å². The molecular weight excluding hydrogens is 242 g/mol. The first kappa shape index (κ1) is 12.6. The molecule has 0 spiro atoms. The van der Waals surface area contributed by atoms with Crippen molar-refractivity contribution in [2.75, 3.05) is 5.43 Å². The minimum Gasteiger partial charge on any atom is -0.297 e. The topological polar surface area (TPSA) is 70.2 Å². The molecule has 0 bridgehead atoms. The number of urea groups is 1. The number of anilines is 1. The van der Waals surface area contributed by atoms with Crippen molar-refractivity contribution in [1.29, 1.82) is 0 Å². The predicted octanol–water partition coefficient (Wildman–Crippen LogP) is 2.15. The van der Waals surface area contributed by atoms with E-state index < -0.39 is 11.9 Å². The largest absolute Gasteiger partial charge is 0.340 e. The normalized spacial score (nSPS) is 9.47. The van der Waals surface area contributed by atoms with Gasteiger partial charge < -0.3 is 0 Å². The van der Waals surface area contributed by atoms with E-state index in [1.165, 1.54) is 0 Å². The van der Waals surface area contributed by atoms with Gasteiger partial charge in [0.1, 0.15) is 0 Å². The number of nitrogens with one attached hydrogen (secondary N) is 3. The number of hydrogen-bond acceptors (Lipinski definition) is 3. The molecular formula is C14H13N3O2. The van der Waals surface area contributed by atoms with Gasteiger partial charge >= 0.3 is 6.03 Å². The van der Waals surface area contributed by atoms with E-state index in [0.29, 0.717) is 5.56 Å². The van der Waals surface area contributed by atoms with E-state index in [2.05, 4.69) is 16.2 Å². The maximum Gasteiger partial charge on any atom is 0.340 e. The molecule has 19 heavy (non-hydrogen) atoms. The second-order valence-electron chi connectivity index (χ2n) is 3.77. The number of hydrazine groups is 1. The number of amides is 3. The minimum atomic E-state index is -0.613. The Balaban J connectivity index is 1.83. The number of para-hydroxylation sites is 1. The Kier molecular flexibility index (Phi) is 4.12. The van der Waals surface area contributed by atoms with Gasteiger partial charge in [-0.3, -0.25) is 21.0 Å². The van der Waals surface area contributed by atoms with Crippen LogP contribution in [0.4, 0.5) is 10.5 Å². The van der Waals surface area contributed by atoms with Crippen molar-refractivity contribution in [3.05, 3.63) is 66.2 Å². The van der Waals surface area contributed by atoms with Crippen LogP contribution >= 0.6 is 0 Å². The molecule has 0 radical (unpaired) electrons. The van der Waals surface area contributed by atoms with Gasteiger partial charge in [0.15, 0.2) is 0 Å². The maximum absolute atomic E-state index is 11.7. The summed E-state index contributed by atoms with van der Waals surface area (Å²) in [6, 6.07) is 17.0. The van der Waals surface area contributed by atoms with Gasteiger partial charge in [-0.25, -0.2) is 4.79 Å². The first-order valence-corrected chi connectivity index (χ1v) is 5.73. The summed E-state index contributed by atoms with van der Waals surface area (Å²) in [5.74, 6) is -0.451. The van der Waals surface area contributed by atoms with Gasteiger partial charge in [0.05, 0.1) is 5.69 Å². The third kappa shape index (κ3) is 3.85. The highest BCUT2D eigenvalue weighted by Crippen LogP contribution is 2.02. The summed E-state index contributed by atoms with van der Waals surface area (Å²) < 4.78 is 0. The summed E-state index contributed by atoms with van der Waals surface area (Å²) in [4.78, 5) is 23.2. The van der Waals surface area contributed by atoms with Crippen LogP contribution in [-0.2, 0) is 0 Å². The van der Waals surface area contributed by atoms with Crippen LogP contribution in [0, 0.1) is 0 Å². The molecule has 2 aromatic carbocycles. The Labute approximate surface area is 110 Å². The van der Waals surface area contributed by atoms with Crippen LogP contribution in [0.15, 0.2) is 60.7 Å². The van der Waals surface area contributed by atoms with E-state index in [9.17, 15) is 9.59 Å². The lowest BCUT2D eigenvalue weighted by Gasteiger charge is -2.08. The molecule has 0 saturated heterocycles. The first-order valence-electron chi connectivity index (χ1n) is 5.73. The van der Waals surface area contributed by atoms with Crippen LogP contribution in [-0.4, -0.2) is 11.9 Å². The summed E-state index contributed by atoms with van der Waals surface area (Å²) in [6.07, 6.45) is 0.